The van der Waals surface area contributed by atoms with E-state index < -0.39 is 5.78 Å². The monoisotopic (exact) mass is 430 g/mol. The van der Waals surface area contributed by atoms with Crippen molar-refractivity contribution in [1.82, 2.24) is 0 Å². The molecule has 1 heterocycles. The number of halogens is 1. The van der Waals surface area contributed by atoms with Gasteiger partial charge in [0.2, 0.25) is 12.6 Å². The van der Waals surface area contributed by atoms with Crippen LogP contribution in [-0.2, 0) is 0 Å². The smallest absolute Gasteiger partial charge is 0.255 e. The number of allylic oxidation sites excluding steroid dienone is 1. The Kier molecular flexibility index (Phi) is 5.69. The Hall–Kier alpha value is -4.08. The molecular weight excluding hydrogens is 416 g/mol. The number of Topliss-reactive ketones (excluding diaryl/α,β-unsaturated/α-hetero) is 1. The first-order valence-corrected chi connectivity index (χ1v) is 9.64. The maximum atomic E-state index is 12.8. The van der Waals surface area contributed by atoms with Crippen molar-refractivity contribution in [3.63, 3.8) is 0 Å². The number of benzene rings is 3. The molecule has 0 aromatic heterocycles. The molecule has 31 heavy (non-hydrogen) atoms. The van der Waals surface area contributed by atoms with Gasteiger partial charge in [0.25, 0.3) is 5.91 Å². The van der Waals surface area contributed by atoms with Gasteiger partial charge < -0.3 is 14.8 Å². The topological polar surface area (TPSA) is 88.4 Å². The number of nitrogens with zero attached hydrogens (tertiary/aromatic N) is 1. The first-order valence-electron chi connectivity index (χ1n) is 9.26. The Morgan fingerprint density at radius 1 is 0.968 bits per heavy atom. The second-order valence-electron chi connectivity index (χ2n) is 6.65. The third-order valence-corrected chi connectivity index (χ3v) is 4.81. The summed E-state index contributed by atoms with van der Waals surface area (Å²) in [6.45, 7) is 0.0997. The van der Waals surface area contributed by atoms with Gasteiger partial charge in [0.15, 0.2) is 11.5 Å². The fraction of sp³-hybridized carbons (Fsp3) is 0.0417. The van der Waals surface area contributed by atoms with Crippen LogP contribution in [0.1, 0.15) is 26.3 Å². The Morgan fingerprint density at radius 2 is 1.71 bits per heavy atom. The zero-order chi connectivity index (χ0) is 21.8. The minimum atomic E-state index is -0.434. The van der Waals surface area contributed by atoms with Gasteiger partial charge in [-0.05, 0) is 66.2 Å². The van der Waals surface area contributed by atoms with Crippen molar-refractivity contribution in [2.75, 3.05) is 12.1 Å². The van der Waals surface area contributed by atoms with Crippen LogP contribution in [0.3, 0.4) is 0 Å². The highest BCUT2D eigenvalue weighted by atomic mass is 35.5. The minimum Gasteiger partial charge on any atom is -0.454 e. The fourth-order valence-electron chi connectivity index (χ4n) is 3.02. The lowest BCUT2D eigenvalue weighted by molar-refractivity contribution is 0.102. The molecule has 0 bridgehead atoms. The number of ether oxygens (including phenoxy) is 2. The molecule has 1 amide bonds. The molecule has 0 saturated carbocycles. The molecular formula is C24H15ClN2O4. The molecule has 0 spiro atoms. The predicted octanol–water partition coefficient (Wildman–Crippen LogP) is 5.11. The largest absolute Gasteiger partial charge is 0.454 e. The highest BCUT2D eigenvalue weighted by Gasteiger charge is 2.18. The molecule has 3 aromatic carbocycles. The summed E-state index contributed by atoms with van der Waals surface area (Å²) in [5.41, 5.74) is 1.87. The average molecular weight is 431 g/mol. The van der Waals surface area contributed by atoms with Crippen LogP contribution in [0.2, 0.25) is 5.02 Å². The van der Waals surface area contributed by atoms with E-state index in [9.17, 15) is 14.9 Å². The van der Waals surface area contributed by atoms with E-state index in [0.717, 1.165) is 0 Å². The van der Waals surface area contributed by atoms with Crippen LogP contribution in [0.25, 0.3) is 6.08 Å². The van der Waals surface area contributed by atoms with Gasteiger partial charge in [-0.15, -0.1) is 0 Å². The van der Waals surface area contributed by atoms with Crippen LogP contribution in [0.5, 0.6) is 11.5 Å². The molecule has 6 nitrogen and oxygen atoms in total. The average Bonchev–Trinajstić information content (AvgIpc) is 3.25. The second-order valence-corrected chi connectivity index (χ2v) is 7.09. The number of carbonyl (C=O) groups is 2. The number of hydrogen-bond acceptors (Lipinski definition) is 5. The third kappa shape index (κ3) is 4.58. The number of nitrogens with one attached hydrogen (secondary N) is 1. The van der Waals surface area contributed by atoms with E-state index in [2.05, 4.69) is 5.32 Å². The summed E-state index contributed by atoms with van der Waals surface area (Å²) in [6, 6.07) is 20.1. The van der Waals surface area contributed by atoms with Crippen molar-refractivity contribution in [3.8, 4) is 17.6 Å². The van der Waals surface area contributed by atoms with Crippen molar-refractivity contribution in [2.45, 2.75) is 0 Å². The fourth-order valence-corrected chi connectivity index (χ4v) is 3.15. The van der Waals surface area contributed by atoms with E-state index in [1.54, 1.807) is 66.7 Å². The normalized spacial score (nSPS) is 12.2. The summed E-state index contributed by atoms with van der Waals surface area (Å²) >= 11 is 5.85. The van der Waals surface area contributed by atoms with Gasteiger partial charge in [-0.1, -0.05) is 23.7 Å². The van der Waals surface area contributed by atoms with Crippen molar-refractivity contribution < 1.29 is 19.1 Å². The SMILES string of the molecule is N#C/C(=C\c1cccc(NC(=O)c2ccc(Cl)cc2)c1)C(=O)c1ccc2c(c1)OCO2. The van der Waals surface area contributed by atoms with Gasteiger partial charge in [-0.2, -0.15) is 5.26 Å². The lowest BCUT2D eigenvalue weighted by Crippen LogP contribution is -2.11. The number of anilines is 1. The Labute approximate surface area is 183 Å². The van der Waals surface area contributed by atoms with Crippen LogP contribution >= 0.6 is 11.6 Å². The lowest BCUT2D eigenvalue weighted by Gasteiger charge is -2.07. The van der Waals surface area contributed by atoms with Gasteiger partial charge in [0.05, 0.1) is 0 Å². The Bertz CT molecular complexity index is 1240. The molecule has 0 fully saturated rings. The number of fused-ring (bicyclic) bond motifs is 1. The Balaban J connectivity index is 1.54. The number of nitriles is 1. The number of amides is 1. The number of rotatable bonds is 5. The standard InChI is InChI=1S/C24H15ClN2O4/c25-19-7-4-16(5-8-19)24(29)27-20-3-1-2-15(11-20)10-18(13-26)23(28)17-6-9-21-22(12-17)31-14-30-21/h1-12H,14H2,(H,27,29)/b18-10+. The van der Waals surface area contributed by atoms with Gasteiger partial charge in [0.1, 0.15) is 11.6 Å². The van der Waals surface area contributed by atoms with Crippen LogP contribution in [0.15, 0.2) is 72.3 Å². The van der Waals surface area contributed by atoms with Gasteiger partial charge in [-0.25, -0.2) is 0 Å². The molecule has 3 aromatic rings. The summed E-state index contributed by atoms with van der Waals surface area (Å²) in [4.78, 5) is 25.2. The summed E-state index contributed by atoms with van der Waals surface area (Å²) in [5.74, 6) is 0.296. The molecule has 0 aliphatic carbocycles. The zero-order valence-corrected chi connectivity index (χ0v) is 16.8. The van der Waals surface area contributed by atoms with E-state index in [1.165, 1.54) is 6.08 Å². The molecule has 1 aliphatic rings. The number of ketones is 1. The molecule has 1 N–H and O–H groups in total. The maximum Gasteiger partial charge on any atom is 0.255 e. The van der Waals surface area contributed by atoms with Crippen molar-refractivity contribution >= 4 is 35.1 Å². The number of carbonyl (C=O) groups excluding carboxylic acids is 2. The third-order valence-electron chi connectivity index (χ3n) is 4.56. The van der Waals surface area contributed by atoms with E-state index in [0.29, 0.717) is 38.9 Å². The zero-order valence-electron chi connectivity index (χ0n) is 16.1. The predicted molar refractivity (Wildman–Crippen MR) is 116 cm³/mol. The second kappa shape index (κ2) is 8.74. The summed E-state index contributed by atoms with van der Waals surface area (Å²) in [5, 5.41) is 12.9. The van der Waals surface area contributed by atoms with Crippen LogP contribution in [0.4, 0.5) is 5.69 Å². The molecule has 0 atom stereocenters. The quantitative estimate of drug-likeness (QED) is 0.345. The lowest BCUT2D eigenvalue weighted by atomic mass is 10.0. The van der Waals surface area contributed by atoms with E-state index in [1.807, 2.05) is 6.07 Å². The highest BCUT2D eigenvalue weighted by molar-refractivity contribution is 6.30. The highest BCUT2D eigenvalue weighted by Crippen LogP contribution is 2.33. The molecule has 7 heteroatoms. The molecule has 1 aliphatic heterocycles. The van der Waals surface area contributed by atoms with E-state index in [-0.39, 0.29) is 18.3 Å². The molecule has 0 unspecified atom stereocenters. The molecule has 0 radical (unpaired) electrons. The molecule has 4 rings (SSSR count). The molecule has 152 valence electrons. The summed E-state index contributed by atoms with van der Waals surface area (Å²) < 4.78 is 10.5. The summed E-state index contributed by atoms with van der Waals surface area (Å²) in [6.07, 6.45) is 1.48. The number of hydrogen-bond donors (Lipinski definition) is 1. The Morgan fingerprint density at radius 3 is 2.48 bits per heavy atom. The van der Waals surface area contributed by atoms with E-state index in [4.69, 9.17) is 21.1 Å². The molecule has 0 saturated heterocycles. The first-order chi connectivity index (χ1) is 15.0. The van der Waals surface area contributed by atoms with Crippen LogP contribution < -0.4 is 14.8 Å². The van der Waals surface area contributed by atoms with Gasteiger partial charge in [0, 0.05) is 21.8 Å². The maximum absolute atomic E-state index is 12.8. The van der Waals surface area contributed by atoms with Crippen molar-refractivity contribution in [2.24, 2.45) is 0 Å². The van der Waals surface area contributed by atoms with Crippen LogP contribution in [-0.4, -0.2) is 18.5 Å². The van der Waals surface area contributed by atoms with E-state index >= 15 is 0 Å². The summed E-state index contributed by atoms with van der Waals surface area (Å²) in [7, 11) is 0. The van der Waals surface area contributed by atoms with Gasteiger partial charge in [-0.3, -0.25) is 9.59 Å². The first kappa shape index (κ1) is 20.2. The van der Waals surface area contributed by atoms with Crippen molar-refractivity contribution in [1.29, 1.82) is 5.26 Å². The minimum absolute atomic E-state index is 0.0416. The van der Waals surface area contributed by atoms with Gasteiger partial charge >= 0.3 is 0 Å². The van der Waals surface area contributed by atoms with Crippen LogP contribution in [0, 0.1) is 11.3 Å². The van der Waals surface area contributed by atoms with Crippen molar-refractivity contribution in [3.05, 3.63) is 94.0 Å².